The summed E-state index contributed by atoms with van der Waals surface area (Å²) in [5.41, 5.74) is 5.87. The highest BCUT2D eigenvalue weighted by Crippen LogP contribution is 2.26. The number of anilines is 6. The predicted molar refractivity (Wildman–Crippen MR) is 273 cm³/mol. The Labute approximate surface area is 401 Å². The lowest BCUT2D eigenvalue weighted by Gasteiger charge is -2.30. The van der Waals surface area contributed by atoms with Crippen molar-refractivity contribution in [2.75, 3.05) is 82.4 Å². The zero-order valence-electron chi connectivity index (χ0n) is 37.7. The first-order valence-corrected chi connectivity index (χ1v) is 23.6. The van der Waals surface area contributed by atoms with Crippen molar-refractivity contribution < 1.29 is 28.3 Å². The van der Waals surface area contributed by atoms with Gasteiger partial charge in [0.1, 0.15) is 5.82 Å². The highest BCUT2D eigenvalue weighted by molar-refractivity contribution is 7.99. The zero-order valence-corrected chi connectivity index (χ0v) is 38.6. The fraction of sp³-hybridized carbons (Fsp3) is 0.231. The van der Waals surface area contributed by atoms with Gasteiger partial charge >= 0.3 is 24.1 Å². The first-order chi connectivity index (χ1) is 33.3. The molecule has 0 atom stereocenters. The normalized spacial score (nSPS) is 13.7. The van der Waals surface area contributed by atoms with Crippen LogP contribution in [0.5, 0.6) is 0 Å². The Morgan fingerprint density at radius 1 is 0.529 bits per heavy atom. The van der Waals surface area contributed by atoms with Crippen LogP contribution in [-0.2, 0) is 11.3 Å². The number of hydrogen-bond donors (Lipinski definition) is 7. The van der Waals surface area contributed by atoms with Crippen molar-refractivity contribution in [1.82, 2.24) is 15.5 Å². The summed E-state index contributed by atoms with van der Waals surface area (Å²) >= 11 is 1.90. The second-order valence-corrected chi connectivity index (χ2v) is 16.7. The second-order valence-electron chi connectivity index (χ2n) is 15.5. The minimum atomic E-state index is -0.287. The predicted octanol–water partition coefficient (Wildman–Crippen LogP) is 10.6. The Bertz CT molecular complexity index is 2430. The number of rotatable bonds is 9. The fourth-order valence-corrected chi connectivity index (χ4v) is 7.44. The number of urea groups is 4. The van der Waals surface area contributed by atoms with E-state index in [1.165, 1.54) is 12.1 Å². The van der Waals surface area contributed by atoms with Gasteiger partial charge < -0.3 is 51.8 Å². The fourth-order valence-electron chi connectivity index (χ4n) is 6.54. The lowest BCUT2D eigenvalue weighted by molar-refractivity contribution is 0.123. The quantitative estimate of drug-likeness (QED) is 0.0757. The highest BCUT2D eigenvalue weighted by Gasteiger charge is 2.23. The summed E-state index contributed by atoms with van der Waals surface area (Å²) in [5, 5.41) is 19.6. The number of amides is 8. The molecule has 1 saturated carbocycles. The molecule has 0 bridgehead atoms. The summed E-state index contributed by atoms with van der Waals surface area (Å²) in [5.74, 6) is 1.80. The topological polar surface area (TPSA) is 168 Å². The summed E-state index contributed by atoms with van der Waals surface area (Å²) in [4.78, 5) is 50.8. The molecule has 16 heteroatoms. The van der Waals surface area contributed by atoms with Crippen LogP contribution in [0.15, 0.2) is 170 Å². The molecular formula is C52H58FN9O5S. The maximum Gasteiger partial charge on any atom is 0.323 e. The molecule has 14 nitrogen and oxygen atoms in total. The Morgan fingerprint density at radius 3 is 1.53 bits per heavy atom. The number of benzene rings is 6. The van der Waals surface area contributed by atoms with E-state index in [0.29, 0.717) is 25.8 Å². The summed E-state index contributed by atoms with van der Waals surface area (Å²) in [7, 11) is 0. The summed E-state index contributed by atoms with van der Waals surface area (Å²) < 4.78 is 18.1. The molecule has 2 aliphatic heterocycles. The maximum atomic E-state index is 12.7. The molecular weight excluding hydrogens is 882 g/mol. The van der Waals surface area contributed by atoms with Crippen LogP contribution in [-0.4, -0.2) is 86.0 Å². The number of morpholine rings is 1. The molecule has 9 rings (SSSR count). The Kier molecular flexibility index (Phi) is 20.4. The van der Waals surface area contributed by atoms with Gasteiger partial charge in [0.2, 0.25) is 0 Å². The first kappa shape index (κ1) is 49.9. The van der Waals surface area contributed by atoms with Crippen LogP contribution in [0.4, 0.5) is 57.7 Å². The van der Waals surface area contributed by atoms with Gasteiger partial charge in [0.05, 0.1) is 24.6 Å². The van der Waals surface area contributed by atoms with Gasteiger partial charge in [0.15, 0.2) is 0 Å². The van der Waals surface area contributed by atoms with Crippen LogP contribution in [0.3, 0.4) is 0 Å². The summed E-state index contributed by atoms with van der Waals surface area (Å²) in [6.45, 7) is 5.15. The molecule has 1 aliphatic carbocycles. The zero-order chi connectivity index (χ0) is 47.6. The largest absolute Gasteiger partial charge is 0.378 e. The number of thioether (sulfide) groups is 1. The third-order valence-corrected chi connectivity index (χ3v) is 11.1. The molecule has 3 fully saturated rings. The molecule has 2 saturated heterocycles. The molecule has 2 heterocycles. The van der Waals surface area contributed by atoms with E-state index in [-0.39, 0.29) is 29.9 Å². The number of nitrogens with one attached hydrogen (secondary N) is 7. The van der Waals surface area contributed by atoms with Crippen molar-refractivity contribution in [2.24, 2.45) is 0 Å². The Morgan fingerprint density at radius 2 is 1.00 bits per heavy atom. The SMILES string of the molecule is O=C(NCc1ccc(F)cc1)Nc1ccccc1.O=C(Nc1ccccc1)N1CCSCC1.O=C(Nc1ccccc1)NC1CC1.O=C(Nc1ccccc1)Nc1ccccc1N1CCOCC1. The van der Waals surface area contributed by atoms with E-state index in [1.54, 1.807) is 24.3 Å². The molecule has 8 amide bonds. The van der Waals surface area contributed by atoms with Crippen molar-refractivity contribution in [1.29, 1.82) is 0 Å². The number of carbonyl (C=O) groups is 4. The van der Waals surface area contributed by atoms with Gasteiger partial charge in [-0.25, -0.2) is 23.6 Å². The summed E-state index contributed by atoms with van der Waals surface area (Å²) in [6.07, 6.45) is 2.23. The molecule has 0 radical (unpaired) electrons. The van der Waals surface area contributed by atoms with Gasteiger partial charge in [0, 0.05) is 73.0 Å². The molecule has 6 aromatic carbocycles. The Hall–Kier alpha value is -7.56. The van der Waals surface area contributed by atoms with Crippen LogP contribution in [0, 0.1) is 5.82 Å². The van der Waals surface area contributed by atoms with Crippen molar-refractivity contribution in [2.45, 2.75) is 25.4 Å². The highest BCUT2D eigenvalue weighted by atomic mass is 32.2. The molecule has 0 spiro atoms. The number of halogens is 1. The van der Waals surface area contributed by atoms with E-state index in [2.05, 4.69) is 42.1 Å². The minimum absolute atomic E-state index is 0.0153. The monoisotopic (exact) mass is 939 g/mol. The molecule has 0 unspecified atom stereocenters. The lowest BCUT2D eigenvalue weighted by atomic mass is 10.2. The van der Waals surface area contributed by atoms with Crippen LogP contribution in [0.25, 0.3) is 0 Å². The van der Waals surface area contributed by atoms with Crippen molar-refractivity contribution in [3.05, 3.63) is 181 Å². The molecule has 6 aromatic rings. The first-order valence-electron chi connectivity index (χ1n) is 22.5. The minimum Gasteiger partial charge on any atom is -0.378 e. The summed E-state index contributed by atoms with van der Waals surface area (Å²) in [6, 6.07) is 51.2. The van der Waals surface area contributed by atoms with Crippen molar-refractivity contribution >= 4 is 70.0 Å². The smallest absolute Gasteiger partial charge is 0.323 e. The van der Waals surface area contributed by atoms with Gasteiger partial charge in [-0.1, -0.05) is 97.1 Å². The molecule has 0 aromatic heterocycles. The van der Waals surface area contributed by atoms with Crippen molar-refractivity contribution in [3.8, 4) is 0 Å². The average molecular weight is 940 g/mol. The van der Waals surface area contributed by atoms with E-state index < -0.39 is 0 Å². The number of nitrogens with zero attached hydrogens (tertiary/aromatic N) is 2. The van der Waals surface area contributed by atoms with Crippen LogP contribution in [0.1, 0.15) is 18.4 Å². The van der Waals surface area contributed by atoms with E-state index in [4.69, 9.17) is 4.74 Å². The van der Waals surface area contributed by atoms with Crippen LogP contribution < -0.4 is 42.1 Å². The van der Waals surface area contributed by atoms with E-state index in [0.717, 1.165) is 90.2 Å². The lowest BCUT2D eigenvalue weighted by Crippen LogP contribution is -2.40. The van der Waals surface area contributed by atoms with Gasteiger partial charge in [-0.2, -0.15) is 11.8 Å². The van der Waals surface area contributed by atoms with E-state index in [9.17, 15) is 23.6 Å². The third-order valence-electron chi connectivity index (χ3n) is 10.2. The van der Waals surface area contributed by atoms with Crippen LogP contribution >= 0.6 is 11.8 Å². The standard InChI is InChI=1S/C17H19N3O2.C14H13FN2O.C11H14N2OS.C10H12N2O/c21-17(18-14-6-2-1-3-7-14)19-15-8-4-5-9-16(15)20-10-12-22-13-11-20;15-12-8-6-11(7-9-12)10-16-14(18)17-13-4-2-1-3-5-13;14-11(13-6-8-15-9-7-13)12-10-4-2-1-3-5-10;13-10(12-9-6-7-9)11-8-4-2-1-3-5-8/h1-9H,10-13H2,(H2,18,19,21);1-9H,10H2,(H2,16,17,18);1-5H,6-9H2,(H,12,14);1-5,9H,6-7H2,(H2,11,12,13). The van der Waals surface area contributed by atoms with Gasteiger partial charge in [-0.15, -0.1) is 0 Å². The Balaban J connectivity index is 0.000000152. The molecule has 354 valence electrons. The number of para-hydroxylation sites is 6. The molecule has 7 N–H and O–H groups in total. The van der Waals surface area contributed by atoms with E-state index >= 15 is 0 Å². The van der Waals surface area contributed by atoms with Crippen molar-refractivity contribution in [3.63, 3.8) is 0 Å². The number of hydrogen-bond acceptors (Lipinski definition) is 7. The van der Waals surface area contributed by atoms with E-state index in [1.807, 2.05) is 150 Å². The average Bonchev–Trinajstić information content (AvgIpc) is 4.20. The maximum absolute atomic E-state index is 12.7. The molecule has 68 heavy (non-hydrogen) atoms. The third kappa shape index (κ3) is 18.7. The van der Waals surface area contributed by atoms with Gasteiger partial charge in [-0.05, 0) is 91.2 Å². The number of carbonyl (C=O) groups excluding carboxylic acids is 4. The number of ether oxygens (including phenoxy) is 1. The van der Waals surface area contributed by atoms with Gasteiger partial charge in [0.25, 0.3) is 0 Å². The van der Waals surface area contributed by atoms with Crippen LogP contribution in [0.2, 0.25) is 0 Å². The second kappa shape index (κ2) is 27.8. The van der Waals surface area contributed by atoms with Gasteiger partial charge in [-0.3, -0.25) is 0 Å². The molecule has 3 aliphatic rings.